The molecule has 0 N–H and O–H groups in total. The molecular formula is C8H6BrF2O. The molecule has 1 aromatic carbocycles. The van der Waals surface area contributed by atoms with Crippen molar-refractivity contribution in [2.45, 2.75) is 13.5 Å². The molecule has 0 heterocycles. The molecule has 0 saturated heterocycles. The van der Waals surface area contributed by atoms with Crippen LogP contribution in [0.1, 0.15) is 11.1 Å². The molecule has 0 atom stereocenters. The monoisotopic (exact) mass is 235 g/mol. The van der Waals surface area contributed by atoms with E-state index in [1.54, 1.807) is 6.92 Å². The van der Waals surface area contributed by atoms with Crippen molar-refractivity contribution in [2.75, 3.05) is 0 Å². The Morgan fingerprint density at radius 3 is 2.50 bits per heavy atom. The third kappa shape index (κ3) is 1.49. The largest absolute Gasteiger partial charge is 0.231 e. The highest BCUT2D eigenvalue weighted by Gasteiger charge is 2.13. The summed E-state index contributed by atoms with van der Waals surface area (Å²) in [5.74, 6) is -2.04. The fourth-order valence-corrected chi connectivity index (χ4v) is 1.19. The summed E-state index contributed by atoms with van der Waals surface area (Å²) in [5.41, 5.74) is 0.396. The fourth-order valence-electron chi connectivity index (χ4n) is 0.904. The number of benzene rings is 1. The highest BCUT2D eigenvalue weighted by Crippen LogP contribution is 2.25. The number of hydrogen-bond acceptors (Lipinski definition) is 0. The van der Waals surface area contributed by atoms with E-state index in [1.807, 2.05) is 0 Å². The zero-order valence-electron chi connectivity index (χ0n) is 6.33. The topological polar surface area (TPSA) is 19.9 Å². The Balaban J connectivity index is 3.39. The lowest BCUT2D eigenvalue weighted by molar-refractivity contribution is 0.172. The number of aryl methyl sites for hydroxylation is 1. The lowest BCUT2D eigenvalue weighted by Gasteiger charge is -2.04. The normalized spacial score (nSPS) is 10.4. The van der Waals surface area contributed by atoms with Crippen molar-refractivity contribution in [3.05, 3.63) is 33.3 Å². The Bertz CT molecular complexity index is 312. The molecule has 4 heteroatoms. The van der Waals surface area contributed by atoms with Crippen LogP contribution in [0.3, 0.4) is 0 Å². The van der Waals surface area contributed by atoms with Crippen LogP contribution in [0.5, 0.6) is 0 Å². The molecule has 1 nitrogen and oxygen atoms in total. The predicted molar refractivity (Wildman–Crippen MR) is 43.2 cm³/mol. The Morgan fingerprint density at radius 2 is 2.00 bits per heavy atom. The summed E-state index contributed by atoms with van der Waals surface area (Å²) in [5, 5.41) is 10.3. The van der Waals surface area contributed by atoms with Crippen LogP contribution in [0.15, 0.2) is 10.5 Å². The summed E-state index contributed by atoms with van der Waals surface area (Å²) in [6, 6.07) is 1.34. The van der Waals surface area contributed by atoms with E-state index in [4.69, 9.17) is 0 Å². The molecule has 0 aliphatic rings. The van der Waals surface area contributed by atoms with Gasteiger partial charge in [-0.3, -0.25) is 0 Å². The van der Waals surface area contributed by atoms with Crippen LogP contribution < -0.4 is 0 Å². The molecule has 1 aromatic rings. The lowest BCUT2D eigenvalue weighted by Crippen LogP contribution is -1.96. The molecule has 0 saturated carbocycles. The minimum absolute atomic E-state index is 0.0807. The molecule has 0 unspecified atom stereocenters. The van der Waals surface area contributed by atoms with E-state index < -0.39 is 18.2 Å². The van der Waals surface area contributed by atoms with E-state index >= 15 is 0 Å². The van der Waals surface area contributed by atoms with Gasteiger partial charge in [-0.2, -0.15) is 0 Å². The van der Waals surface area contributed by atoms with E-state index in [1.165, 1.54) is 6.07 Å². The van der Waals surface area contributed by atoms with Gasteiger partial charge in [0.05, 0.1) is 4.47 Å². The van der Waals surface area contributed by atoms with Gasteiger partial charge in [-0.15, -0.1) is 0 Å². The zero-order chi connectivity index (χ0) is 9.30. The van der Waals surface area contributed by atoms with Crippen LogP contribution in [0.25, 0.3) is 0 Å². The second kappa shape index (κ2) is 3.49. The quantitative estimate of drug-likeness (QED) is 0.668. The van der Waals surface area contributed by atoms with Crippen molar-refractivity contribution in [1.82, 2.24) is 0 Å². The van der Waals surface area contributed by atoms with Crippen molar-refractivity contribution >= 4 is 15.9 Å². The van der Waals surface area contributed by atoms with Gasteiger partial charge in [-0.25, -0.2) is 13.9 Å². The van der Waals surface area contributed by atoms with Crippen LogP contribution in [0.2, 0.25) is 0 Å². The first-order chi connectivity index (χ1) is 5.57. The Morgan fingerprint density at radius 1 is 1.42 bits per heavy atom. The van der Waals surface area contributed by atoms with E-state index in [0.717, 1.165) is 0 Å². The van der Waals surface area contributed by atoms with Gasteiger partial charge in [-0.1, -0.05) is 0 Å². The average Bonchev–Trinajstić information content (AvgIpc) is 2.08. The molecule has 0 amide bonds. The van der Waals surface area contributed by atoms with Gasteiger partial charge in [0.15, 0.2) is 11.6 Å². The molecule has 12 heavy (non-hydrogen) atoms. The van der Waals surface area contributed by atoms with Crippen molar-refractivity contribution in [3.8, 4) is 0 Å². The van der Waals surface area contributed by atoms with Crippen LogP contribution in [-0.2, 0) is 11.7 Å². The second-order valence-corrected chi connectivity index (χ2v) is 3.23. The first-order valence-electron chi connectivity index (χ1n) is 3.29. The van der Waals surface area contributed by atoms with Gasteiger partial charge in [0, 0.05) is 5.56 Å². The molecular weight excluding hydrogens is 230 g/mol. The minimum Gasteiger partial charge on any atom is -0.231 e. The Kier molecular flexibility index (Phi) is 2.80. The summed E-state index contributed by atoms with van der Waals surface area (Å²) >= 11 is 2.88. The van der Waals surface area contributed by atoms with Crippen LogP contribution in [0, 0.1) is 18.6 Å². The molecule has 0 fully saturated rings. The van der Waals surface area contributed by atoms with Gasteiger partial charge in [0.1, 0.15) is 6.61 Å². The number of rotatable bonds is 1. The molecule has 0 bridgehead atoms. The van der Waals surface area contributed by atoms with E-state index in [2.05, 4.69) is 15.9 Å². The maximum absolute atomic E-state index is 12.9. The molecule has 1 rings (SSSR count). The standard InChI is InChI=1S/C8H6BrF2O/c1-4-2-5(3-12)7(10)8(11)6(4)9/h2H,3H2,1H3. The summed E-state index contributed by atoms with van der Waals surface area (Å²) in [6.07, 6.45) is 0. The molecule has 0 aromatic heterocycles. The van der Waals surface area contributed by atoms with E-state index in [9.17, 15) is 13.9 Å². The van der Waals surface area contributed by atoms with Crippen molar-refractivity contribution in [2.24, 2.45) is 0 Å². The second-order valence-electron chi connectivity index (χ2n) is 2.44. The SMILES string of the molecule is Cc1cc(C[O])c(F)c(F)c1Br. The fraction of sp³-hybridized carbons (Fsp3) is 0.250. The maximum atomic E-state index is 12.9. The van der Waals surface area contributed by atoms with E-state index in [-0.39, 0.29) is 10.0 Å². The predicted octanol–water partition coefficient (Wildman–Crippen LogP) is 2.97. The first-order valence-corrected chi connectivity index (χ1v) is 4.08. The third-order valence-corrected chi connectivity index (χ3v) is 2.53. The van der Waals surface area contributed by atoms with Gasteiger partial charge in [0.2, 0.25) is 0 Å². The maximum Gasteiger partial charge on any atom is 0.173 e. The molecule has 65 valence electrons. The molecule has 0 aliphatic carbocycles. The minimum atomic E-state index is -1.05. The van der Waals surface area contributed by atoms with Gasteiger partial charge < -0.3 is 0 Å². The molecule has 0 aliphatic heterocycles. The van der Waals surface area contributed by atoms with Crippen LogP contribution in [0.4, 0.5) is 8.78 Å². The van der Waals surface area contributed by atoms with Crippen LogP contribution in [-0.4, -0.2) is 0 Å². The summed E-state index contributed by atoms with van der Waals surface area (Å²) in [7, 11) is 0. The first kappa shape index (κ1) is 9.61. The highest BCUT2D eigenvalue weighted by atomic mass is 79.9. The van der Waals surface area contributed by atoms with Gasteiger partial charge >= 0.3 is 0 Å². The summed E-state index contributed by atoms with van der Waals surface area (Å²) in [6.45, 7) is 0.864. The lowest BCUT2D eigenvalue weighted by atomic mass is 10.1. The smallest absolute Gasteiger partial charge is 0.173 e. The molecule has 1 radical (unpaired) electrons. The zero-order valence-corrected chi connectivity index (χ0v) is 7.91. The average molecular weight is 236 g/mol. The summed E-state index contributed by atoms with van der Waals surface area (Å²) < 4.78 is 25.8. The number of halogens is 3. The van der Waals surface area contributed by atoms with E-state index in [0.29, 0.717) is 5.56 Å². The Hall–Kier alpha value is -0.480. The van der Waals surface area contributed by atoms with Gasteiger partial charge in [-0.05, 0) is 34.5 Å². The highest BCUT2D eigenvalue weighted by molar-refractivity contribution is 9.10. The third-order valence-electron chi connectivity index (χ3n) is 1.56. The van der Waals surface area contributed by atoms with Crippen molar-refractivity contribution in [3.63, 3.8) is 0 Å². The van der Waals surface area contributed by atoms with Crippen LogP contribution >= 0.6 is 15.9 Å². The van der Waals surface area contributed by atoms with Crippen molar-refractivity contribution in [1.29, 1.82) is 0 Å². The Labute approximate surface area is 77.2 Å². The number of hydrogen-bond donors (Lipinski definition) is 0. The van der Waals surface area contributed by atoms with Crippen molar-refractivity contribution < 1.29 is 13.9 Å². The van der Waals surface area contributed by atoms with Gasteiger partial charge in [0.25, 0.3) is 0 Å². The summed E-state index contributed by atoms with van der Waals surface area (Å²) in [4.78, 5) is 0. The molecule has 0 spiro atoms.